The van der Waals surface area contributed by atoms with E-state index in [9.17, 15) is 0 Å². The molecule has 0 saturated carbocycles. The molecule has 1 N–H and O–H groups in total. The van der Waals surface area contributed by atoms with E-state index in [1.807, 2.05) is 11.7 Å². The Bertz CT molecular complexity index is 483. The molecule has 0 bridgehead atoms. The van der Waals surface area contributed by atoms with Gasteiger partial charge in [-0.15, -0.1) is 0 Å². The lowest BCUT2D eigenvalue weighted by Gasteiger charge is -2.08. The minimum absolute atomic E-state index is 0.475. The molecule has 2 aromatic heterocycles. The molecule has 1 unspecified atom stereocenters. The summed E-state index contributed by atoms with van der Waals surface area (Å²) in [4.78, 5) is 0. The number of rotatable bonds is 6. The van der Waals surface area contributed by atoms with Crippen molar-refractivity contribution in [3.8, 4) is 0 Å². The van der Waals surface area contributed by atoms with E-state index in [-0.39, 0.29) is 0 Å². The molecule has 18 heavy (non-hydrogen) atoms. The van der Waals surface area contributed by atoms with Crippen LogP contribution in [-0.4, -0.2) is 21.4 Å². The van der Waals surface area contributed by atoms with Gasteiger partial charge in [0.2, 0.25) is 0 Å². The maximum Gasteiger partial charge on any atom is 0.0821 e. The van der Waals surface area contributed by atoms with Crippen molar-refractivity contribution < 1.29 is 0 Å². The summed E-state index contributed by atoms with van der Waals surface area (Å²) in [6, 6.07) is 4.72. The molecule has 0 aliphatic heterocycles. The molecule has 4 nitrogen and oxygen atoms in total. The topological polar surface area (TPSA) is 34.8 Å². The van der Waals surface area contributed by atoms with Crippen LogP contribution < -0.4 is 5.32 Å². The summed E-state index contributed by atoms with van der Waals surface area (Å²) in [6.45, 7) is 6.13. The fraction of sp³-hybridized carbons (Fsp3) is 0.500. The minimum atomic E-state index is 0.475. The Balaban J connectivity index is 2.01. The van der Waals surface area contributed by atoms with Gasteiger partial charge in [0.1, 0.15) is 0 Å². The normalized spacial score (nSPS) is 12.8. The quantitative estimate of drug-likeness (QED) is 0.849. The zero-order valence-electron chi connectivity index (χ0n) is 11.4. The summed E-state index contributed by atoms with van der Waals surface area (Å²) in [7, 11) is 1.96. The summed E-state index contributed by atoms with van der Waals surface area (Å²) in [5, 5.41) is 7.77. The Morgan fingerprint density at radius 1 is 1.33 bits per heavy atom. The van der Waals surface area contributed by atoms with Crippen molar-refractivity contribution >= 4 is 0 Å². The largest absolute Gasteiger partial charge is 0.348 e. The van der Waals surface area contributed by atoms with Crippen molar-refractivity contribution in [3.63, 3.8) is 0 Å². The molecule has 0 spiro atoms. The maximum absolute atomic E-state index is 4.61. The maximum atomic E-state index is 4.61. The molecule has 4 heteroatoms. The number of hydrogen-bond acceptors (Lipinski definition) is 2. The third-order valence-electron chi connectivity index (χ3n) is 3.24. The molecular formula is C14H22N4. The van der Waals surface area contributed by atoms with Crippen LogP contribution in [0.2, 0.25) is 0 Å². The first-order valence-electron chi connectivity index (χ1n) is 6.56. The Labute approximate surface area is 109 Å². The van der Waals surface area contributed by atoms with Crippen LogP contribution in [0.4, 0.5) is 0 Å². The lowest BCUT2D eigenvalue weighted by Crippen LogP contribution is -2.06. The summed E-state index contributed by atoms with van der Waals surface area (Å²) in [6.07, 6.45) is 7.45. The van der Waals surface area contributed by atoms with Gasteiger partial charge < -0.3 is 9.88 Å². The van der Waals surface area contributed by atoms with Crippen LogP contribution in [0.25, 0.3) is 0 Å². The van der Waals surface area contributed by atoms with Gasteiger partial charge in [-0.25, -0.2) is 0 Å². The molecule has 2 aromatic rings. The van der Waals surface area contributed by atoms with Gasteiger partial charge in [-0.2, -0.15) is 5.10 Å². The molecular weight excluding hydrogens is 224 g/mol. The lowest BCUT2D eigenvalue weighted by molar-refractivity contribution is 0.472. The molecule has 0 radical (unpaired) electrons. The SMILES string of the molecule is CCC(C)n1ccc(Cn2ccc(CNC)c2)n1. The van der Waals surface area contributed by atoms with E-state index < -0.39 is 0 Å². The van der Waals surface area contributed by atoms with Gasteiger partial charge in [0.25, 0.3) is 0 Å². The standard InChI is InChI=1S/C14H22N4/c1-4-12(2)18-8-6-14(16-18)11-17-7-5-13(10-17)9-15-3/h5-8,10,12,15H,4,9,11H2,1-3H3. The Hall–Kier alpha value is -1.55. The highest BCUT2D eigenvalue weighted by Crippen LogP contribution is 2.10. The Kier molecular flexibility index (Phi) is 4.20. The number of nitrogens with one attached hydrogen (secondary N) is 1. The Morgan fingerprint density at radius 2 is 2.17 bits per heavy atom. The molecule has 98 valence electrons. The van der Waals surface area contributed by atoms with Crippen LogP contribution in [0.1, 0.15) is 37.6 Å². The fourth-order valence-corrected chi connectivity index (χ4v) is 1.98. The van der Waals surface area contributed by atoms with Gasteiger partial charge in [0.05, 0.1) is 12.2 Å². The molecule has 0 aliphatic carbocycles. The molecule has 0 amide bonds. The van der Waals surface area contributed by atoms with E-state index in [2.05, 4.69) is 59.6 Å². The second kappa shape index (κ2) is 5.87. The molecule has 2 rings (SSSR count). The van der Waals surface area contributed by atoms with E-state index in [1.165, 1.54) is 5.56 Å². The van der Waals surface area contributed by atoms with Crippen LogP contribution in [0, 0.1) is 0 Å². The van der Waals surface area contributed by atoms with Crippen LogP contribution in [0.15, 0.2) is 30.7 Å². The second-order valence-corrected chi connectivity index (χ2v) is 4.77. The predicted octanol–water partition coefficient (Wildman–Crippen LogP) is 2.42. The molecule has 1 atom stereocenters. The summed E-state index contributed by atoms with van der Waals surface area (Å²) < 4.78 is 4.23. The third kappa shape index (κ3) is 3.01. The van der Waals surface area contributed by atoms with Gasteiger partial charge in [-0.1, -0.05) is 6.92 Å². The average Bonchev–Trinajstić information content (AvgIpc) is 2.99. The van der Waals surface area contributed by atoms with E-state index in [4.69, 9.17) is 0 Å². The predicted molar refractivity (Wildman–Crippen MR) is 73.5 cm³/mol. The molecule has 0 aromatic carbocycles. The molecule has 2 heterocycles. The highest BCUT2D eigenvalue weighted by Gasteiger charge is 2.05. The van der Waals surface area contributed by atoms with Gasteiger partial charge in [0, 0.05) is 31.2 Å². The number of hydrogen-bond donors (Lipinski definition) is 1. The average molecular weight is 246 g/mol. The first-order chi connectivity index (χ1) is 8.72. The van der Waals surface area contributed by atoms with Gasteiger partial charge in [-0.05, 0) is 38.1 Å². The Morgan fingerprint density at radius 3 is 2.89 bits per heavy atom. The molecule has 0 saturated heterocycles. The van der Waals surface area contributed by atoms with Crippen LogP contribution in [0.3, 0.4) is 0 Å². The number of nitrogens with zero attached hydrogens (tertiary/aromatic N) is 3. The highest BCUT2D eigenvalue weighted by molar-refractivity contribution is 5.12. The molecule has 0 fully saturated rings. The van der Waals surface area contributed by atoms with Crippen molar-refractivity contribution in [2.45, 2.75) is 39.4 Å². The van der Waals surface area contributed by atoms with E-state index in [0.717, 1.165) is 25.2 Å². The smallest absolute Gasteiger partial charge is 0.0821 e. The highest BCUT2D eigenvalue weighted by atomic mass is 15.3. The summed E-state index contributed by atoms with van der Waals surface area (Å²) >= 11 is 0. The summed E-state index contributed by atoms with van der Waals surface area (Å²) in [5.41, 5.74) is 2.42. The first-order valence-corrected chi connectivity index (χ1v) is 6.56. The molecule has 0 aliphatic rings. The van der Waals surface area contributed by atoms with Gasteiger partial charge in [0.15, 0.2) is 0 Å². The van der Waals surface area contributed by atoms with Crippen molar-refractivity contribution in [1.82, 2.24) is 19.7 Å². The van der Waals surface area contributed by atoms with Crippen molar-refractivity contribution in [2.24, 2.45) is 0 Å². The minimum Gasteiger partial charge on any atom is -0.348 e. The second-order valence-electron chi connectivity index (χ2n) is 4.77. The van der Waals surface area contributed by atoms with Crippen molar-refractivity contribution in [2.75, 3.05) is 7.05 Å². The van der Waals surface area contributed by atoms with Gasteiger partial charge in [-0.3, -0.25) is 4.68 Å². The van der Waals surface area contributed by atoms with E-state index in [0.29, 0.717) is 6.04 Å². The number of aromatic nitrogens is 3. The summed E-state index contributed by atoms with van der Waals surface area (Å²) in [5.74, 6) is 0. The first kappa shape index (κ1) is 12.9. The lowest BCUT2D eigenvalue weighted by atomic mass is 10.3. The zero-order valence-corrected chi connectivity index (χ0v) is 11.4. The van der Waals surface area contributed by atoms with E-state index in [1.54, 1.807) is 0 Å². The van der Waals surface area contributed by atoms with Crippen molar-refractivity contribution in [1.29, 1.82) is 0 Å². The van der Waals surface area contributed by atoms with Crippen LogP contribution in [0.5, 0.6) is 0 Å². The monoisotopic (exact) mass is 246 g/mol. The van der Waals surface area contributed by atoms with Crippen LogP contribution in [-0.2, 0) is 13.1 Å². The fourth-order valence-electron chi connectivity index (χ4n) is 1.98. The van der Waals surface area contributed by atoms with Crippen molar-refractivity contribution in [3.05, 3.63) is 42.0 Å². The van der Waals surface area contributed by atoms with Crippen LogP contribution >= 0.6 is 0 Å². The van der Waals surface area contributed by atoms with E-state index >= 15 is 0 Å². The zero-order chi connectivity index (χ0) is 13.0. The third-order valence-corrected chi connectivity index (χ3v) is 3.24. The van der Waals surface area contributed by atoms with Gasteiger partial charge >= 0.3 is 0 Å².